The summed E-state index contributed by atoms with van der Waals surface area (Å²) in [6.07, 6.45) is 3.25. The number of carbonyl (C=O) groups excluding carboxylic acids is 1. The fourth-order valence-electron chi connectivity index (χ4n) is 1.90. The zero-order valence-corrected chi connectivity index (χ0v) is 10.9. The Bertz CT molecular complexity index is 593. The lowest BCUT2D eigenvalue weighted by Crippen LogP contribution is -2.12. The predicted molar refractivity (Wildman–Crippen MR) is 68.4 cm³/mol. The summed E-state index contributed by atoms with van der Waals surface area (Å²) in [7, 11) is 0. The maximum Gasteiger partial charge on any atom is 0.354 e. The summed E-state index contributed by atoms with van der Waals surface area (Å²) in [6, 6.07) is 4.83. The van der Waals surface area contributed by atoms with E-state index in [1.807, 2.05) is 13.1 Å². The molecule has 0 radical (unpaired) electrons. The Morgan fingerprint density at radius 3 is 2.95 bits per heavy atom. The summed E-state index contributed by atoms with van der Waals surface area (Å²) in [6.45, 7) is 4.39. The zero-order chi connectivity index (χ0) is 13.8. The third-order valence-corrected chi connectivity index (χ3v) is 2.66. The number of aryl methyl sites for hydroxylation is 1. The van der Waals surface area contributed by atoms with E-state index >= 15 is 0 Å². The van der Waals surface area contributed by atoms with Crippen molar-refractivity contribution in [2.24, 2.45) is 0 Å². The Morgan fingerprint density at radius 1 is 1.47 bits per heavy atom. The van der Waals surface area contributed by atoms with Crippen molar-refractivity contribution in [1.82, 2.24) is 9.55 Å². The van der Waals surface area contributed by atoms with Gasteiger partial charge in [0.2, 0.25) is 5.95 Å². The Morgan fingerprint density at radius 2 is 2.26 bits per heavy atom. The lowest BCUT2D eigenvalue weighted by atomic mass is 10.2. The molecule has 0 N–H and O–H groups in total. The Hall–Kier alpha value is -2.17. The highest BCUT2D eigenvalue weighted by atomic mass is 19.1. The number of aromatic nitrogens is 2. The highest BCUT2D eigenvalue weighted by molar-refractivity contribution is 5.88. The van der Waals surface area contributed by atoms with Crippen molar-refractivity contribution in [1.29, 1.82) is 0 Å². The Labute approximate surface area is 110 Å². The van der Waals surface area contributed by atoms with Crippen molar-refractivity contribution in [3.8, 4) is 0 Å². The van der Waals surface area contributed by atoms with Crippen LogP contribution in [0.25, 0.3) is 0 Å². The smallest absolute Gasteiger partial charge is 0.354 e. The molecule has 0 aliphatic heterocycles. The van der Waals surface area contributed by atoms with Gasteiger partial charge in [-0.1, -0.05) is 0 Å². The number of rotatable bonds is 4. The molecule has 0 atom stereocenters. The van der Waals surface area contributed by atoms with E-state index in [1.165, 1.54) is 12.3 Å². The summed E-state index contributed by atoms with van der Waals surface area (Å²) >= 11 is 0. The molecule has 0 aromatic carbocycles. The quantitative estimate of drug-likeness (QED) is 0.628. The molecule has 19 heavy (non-hydrogen) atoms. The Kier molecular flexibility index (Phi) is 3.94. The molecule has 0 aliphatic carbocycles. The van der Waals surface area contributed by atoms with E-state index in [-0.39, 0.29) is 5.97 Å². The van der Waals surface area contributed by atoms with Gasteiger partial charge in [0.25, 0.3) is 0 Å². The standard InChI is InChI=1S/C14H15FN2O2/c1-3-19-14(18)12-6-10(2)8-17(12)9-11-4-5-16-13(15)7-11/h4-8H,3,9H2,1-2H3. The van der Waals surface area contributed by atoms with Gasteiger partial charge in [-0.05, 0) is 43.2 Å². The molecule has 2 aromatic heterocycles. The maximum atomic E-state index is 13.0. The molecule has 0 fully saturated rings. The van der Waals surface area contributed by atoms with Crippen LogP contribution >= 0.6 is 0 Å². The van der Waals surface area contributed by atoms with Gasteiger partial charge in [-0.15, -0.1) is 0 Å². The second-order valence-corrected chi connectivity index (χ2v) is 4.24. The molecule has 0 unspecified atom stereocenters. The molecule has 4 nitrogen and oxygen atoms in total. The number of halogens is 1. The summed E-state index contributed by atoms with van der Waals surface area (Å²) in [5.74, 6) is -0.899. The van der Waals surface area contributed by atoms with Crippen molar-refractivity contribution >= 4 is 5.97 Å². The molecule has 5 heteroatoms. The van der Waals surface area contributed by atoms with Gasteiger partial charge in [-0.2, -0.15) is 4.39 Å². The van der Waals surface area contributed by atoms with Crippen molar-refractivity contribution in [3.05, 3.63) is 53.4 Å². The summed E-state index contributed by atoms with van der Waals surface area (Å²) in [5.41, 5.74) is 2.17. The molecule has 0 saturated carbocycles. The highest BCUT2D eigenvalue weighted by Crippen LogP contribution is 2.13. The van der Waals surface area contributed by atoms with E-state index in [1.54, 1.807) is 23.6 Å². The minimum atomic E-state index is -0.529. The molecule has 0 spiro atoms. The monoisotopic (exact) mass is 262 g/mol. The molecule has 0 saturated heterocycles. The molecule has 2 heterocycles. The van der Waals surface area contributed by atoms with E-state index in [2.05, 4.69) is 4.98 Å². The van der Waals surface area contributed by atoms with E-state index in [4.69, 9.17) is 4.74 Å². The fraction of sp³-hybridized carbons (Fsp3) is 0.286. The molecular weight excluding hydrogens is 247 g/mol. The van der Waals surface area contributed by atoms with Crippen LogP contribution in [0.1, 0.15) is 28.5 Å². The van der Waals surface area contributed by atoms with Crippen LogP contribution in [0.2, 0.25) is 0 Å². The number of pyridine rings is 1. The van der Waals surface area contributed by atoms with Crippen molar-refractivity contribution in [3.63, 3.8) is 0 Å². The van der Waals surface area contributed by atoms with Crippen molar-refractivity contribution < 1.29 is 13.9 Å². The largest absolute Gasteiger partial charge is 0.461 e. The molecule has 0 amide bonds. The number of esters is 1. The minimum absolute atomic E-state index is 0.326. The van der Waals surface area contributed by atoms with Crippen molar-refractivity contribution in [2.45, 2.75) is 20.4 Å². The van der Waals surface area contributed by atoms with Crippen LogP contribution in [0, 0.1) is 12.9 Å². The maximum absolute atomic E-state index is 13.0. The van der Waals surface area contributed by atoms with E-state index in [0.29, 0.717) is 18.8 Å². The van der Waals surface area contributed by atoms with Gasteiger partial charge in [0.15, 0.2) is 0 Å². The first-order valence-corrected chi connectivity index (χ1v) is 6.04. The van der Waals surface area contributed by atoms with Crippen LogP contribution in [-0.4, -0.2) is 22.1 Å². The first-order valence-electron chi connectivity index (χ1n) is 6.04. The van der Waals surface area contributed by atoms with Crippen LogP contribution in [-0.2, 0) is 11.3 Å². The van der Waals surface area contributed by atoms with Gasteiger partial charge < -0.3 is 9.30 Å². The van der Waals surface area contributed by atoms with E-state index in [0.717, 1.165) is 11.1 Å². The topological polar surface area (TPSA) is 44.1 Å². The fourth-order valence-corrected chi connectivity index (χ4v) is 1.90. The molecule has 2 rings (SSSR count). The first-order chi connectivity index (χ1) is 9.10. The zero-order valence-electron chi connectivity index (χ0n) is 10.9. The van der Waals surface area contributed by atoms with Crippen LogP contribution in [0.15, 0.2) is 30.6 Å². The number of hydrogen-bond acceptors (Lipinski definition) is 3. The van der Waals surface area contributed by atoms with E-state index < -0.39 is 5.95 Å². The molecule has 100 valence electrons. The lowest BCUT2D eigenvalue weighted by molar-refractivity contribution is 0.0514. The van der Waals surface area contributed by atoms with Gasteiger partial charge in [-0.25, -0.2) is 9.78 Å². The van der Waals surface area contributed by atoms with Gasteiger partial charge in [-0.3, -0.25) is 0 Å². The molecule has 0 aliphatic rings. The highest BCUT2D eigenvalue weighted by Gasteiger charge is 2.13. The lowest BCUT2D eigenvalue weighted by Gasteiger charge is -2.08. The average molecular weight is 262 g/mol. The van der Waals surface area contributed by atoms with Gasteiger partial charge in [0.1, 0.15) is 5.69 Å². The van der Waals surface area contributed by atoms with Gasteiger partial charge in [0.05, 0.1) is 6.61 Å². The summed E-state index contributed by atoms with van der Waals surface area (Å²) in [5, 5.41) is 0. The first kappa shape index (κ1) is 13.3. The van der Waals surface area contributed by atoms with Gasteiger partial charge in [0, 0.05) is 18.9 Å². The second kappa shape index (κ2) is 5.65. The number of hydrogen-bond donors (Lipinski definition) is 0. The van der Waals surface area contributed by atoms with Crippen LogP contribution < -0.4 is 0 Å². The van der Waals surface area contributed by atoms with E-state index in [9.17, 15) is 9.18 Å². The summed E-state index contributed by atoms with van der Waals surface area (Å²) < 4.78 is 19.8. The van der Waals surface area contributed by atoms with Crippen molar-refractivity contribution in [2.75, 3.05) is 6.61 Å². The van der Waals surface area contributed by atoms with Crippen LogP contribution in [0.3, 0.4) is 0 Å². The number of ether oxygens (including phenoxy) is 1. The van der Waals surface area contributed by atoms with Crippen LogP contribution in [0.4, 0.5) is 4.39 Å². The molecule has 0 bridgehead atoms. The Balaban J connectivity index is 2.27. The number of nitrogens with zero attached hydrogens (tertiary/aromatic N) is 2. The molecule has 2 aromatic rings. The van der Waals surface area contributed by atoms with Gasteiger partial charge >= 0.3 is 5.97 Å². The third kappa shape index (κ3) is 3.19. The molecular formula is C14H15FN2O2. The predicted octanol–water partition coefficient (Wildman–Crippen LogP) is 2.56. The second-order valence-electron chi connectivity index (χ2n) is 4.24. The SMILES string of the molecule is CCOC(=O)c1cc(C)cn1Cc1ccnc(F)c1. The third-order valence-electron chi connectivity index (χ3n) is 2.66. The van der Waals surface area contributed by atoms with Crippen LogP contribution in [0.5, 0.6) is 0 Å². The summed E-state index contributed by atoms with van der Waals surface area (Å²) in [4.78, 5) is 15.3. The minimum Gasteiger partial charge on any atom is -0.461 e. The normalized spacial score (nSPS) is 10.5. The average Bonchev–Trinajstić information content (AvgIpc) is 2.70. The number of carbonyl (C=O) groups is 1.